The molecule has 1 amide bonds. The fourth-order valence-corrected chi connectivity index (χ4v) is 4.26. The third-order valence-electron chi connectivity index (χ3n) is 3.52. The fourth-order valence-electron chi connectivity index (χ4n) is 2.45. The molecular formula is C14H15BrN2O2S. The first-order valence-electron chi connectivity index (χ1n) is 6.45. The highest BCUT2D eigenvalue weighted by molar-refractivity contribution is 9.10. The summed E-state index contributed by atoms with van der Waals surface area (Å²) in [5, 5.41) is 0.932. The number of amides is 1. The zero-order valence-electron chi connectivity index (χ0n) is 11.1. The number of fused-ring (bicyclic) bond motifs is 1. The minimum Gasteiger partial charge on any atom is -0.397 e. The van der Waals surface area contributed by atoms with Crippen LogP contribution in [0.1, 0.15) is 16.6 Å². The Labute approximate surface area is 129 Å². The Kier molecular flexibility index (Phi) is 3.70. The predicted octanol–water partition coefficient (Wildman–Crippen LogP) is 3.11. The Morgan fingerprint density at radius 2 is 2.35 bits per heavy atom. The van der Waals surface area contributed by atoms with E-state index in [1.54, 1.807) is 0 Å². The molecule has 2 aromatic rings. The van der Waals surface area contributed by atoms with E-state index >= 15 is 0 Å². The summed E-state index contributed by atoms with van der Waals surface area (Å²) in [7, 11) is 0. The van der Waals surface area contributed by atoms with Crippen molar-refractivity contribution in [2.24, 2.45) is 0 Å². The van der Waals surface area contributed by atoms with E-state index in [-0.39, 0.29) is 11.9 Å². The van der Waals surface area contributed by atoms with Crippen molar-refractivity contribution in [2.75, 3.05) is 25.5 Å². The number of carbonyl (C=O) groups is 1. The molecule has 1 aromatic carbocycles. The number of thiophene rings is 1. The second kappa shape index (κ2) is 5.35. The smallest absolute Gasteiger partial charge is 0.266 e. The van der Waals surface area contributed by atoms with Crippen LogP contribution in [0.3, 0.4) is 0 Å². The van der Waals surface area contributed by atoms with Gasteiger partial charge in [-0.3, -0.25) is 4.79 Å². The molecule has 2 heterocycles. The number of hydrogen-bond acceptors (Lipinski definition) is 4. The Balaban J connectivity index is 2.03. The van der Waals surface area contributed by atoms with E-state index in [9.17, 15) is 4.79 Å². The molecule has 0 aliphatic carbocycles. The molecule has 20 heavy (non-hydrogen) atoms. The molecule has 0 saturated carbocycles. The first-order chi connectivity index (χ1) is 9.59. The summed E-state index contributed by atoms with van der Waals surface area (Å²) in [6, 6.07) is 5.97. The van der Waals surface area contributed by atoms with Crippen molar-refractivity contribution < 1.29 is 9.53 Å². The van der Waals surface area contributed by atoms with E-state index in [0.717, 1.165) is 14.6 Å². The van der Waals surface area contributed by atoms with Crippen molar-refractivity contribution in [3.63, 3.8) is 0 Å². The van der Waals surface area contributed by atoms with Crippen LogP contribution in [0, 0.1) is 0 Å². The van der Waals surface area contributed by atoms with Crippen LogP contribution < -0.4 is 5.73 Å². The van der Waals surface area contributed by atoms with Gasteiger partial charge in [0.05, 0.1) is 24.9 Å². The van der Waals surface area contributed by atoms with Gasteiger partial charge in [-0.2, -0.15) is 0 Å². The second-order valence-corrected chi connectivity index (χ2v) is 6.79. The normalized spacial score (nSPS) is 19.5. The highest BCUT2D eigenvalue weighted by Crippen LogP contribution is 2.39. The lowest BCUT2D eigenvalue weighted by Crippen LogP contribution is -2.47. The maximum absolute atomic E-state index is 12.7. The van der Waals surface area contributed by atoms with E-state index < -0.39 is 0 Å². The van der Waals surface area contributed by atoms with Gasteiger partial charge in [-0.05, 0) is 19.1 Å². The largest absolute Gasteiger partial charge is 0.397 e. The Morgan fingerprint density at radius 3 is 3.05 bits per heavy atom. The minimum absolute atomic E-state index is 0.00593. The van der Waals surface area contributed by atoms with Gasteiger partial charge in [0, 0.05) is 21.1 Å². The molecule has 1 unspecified atom stereocenters. The molecule has 0 spiro atoms. The van der Waals surface area contributed by atoms with Crippen molar-refractivity contribution in [3.8, 4) is 0 Å². The van der Waals surface area contributed by atoms with Crippen LogP contribution in [0.5, 0.6) is 0 Å². The van der Waals surface area contributed by atoms with Gasteiger partial charge in [0.15, 0.2) is 0 Å². The van der Waals surface area contributed by atoms with Crippen LogP contribution in [0.2, 0.25) is 0 Å². The molecule has 1 fully saturated rings. The van der Waals surface area contributed by atoms with E-state index in [0.29, 0.717) is 30.3 Å². The SMILES string of the molecule is CC1COCCN1C(=O)c1sc2cccc(Br)c2c1N. The summed E-state index contributed by atoms with van der Waals surface area (Å²) in [6.07, 6.45) is 0. The molecule has 0 radical (unpaired) electrons. The summed E-state index contributed by atoms with van der Waals surface area (Å²) in [5.74, 6) is 0.00593. The molecular weight excluding hydrogens is 340 g/mol. The van der Waals surface area contributed by atoms with Gasteiger partial charge < -0.3 is 15.4 Å². The highest BCUT2D eigenvalue weighted by Gasteiger charge is 2.28. The van der Waals surface area contributed by atoms with Gasteiger partial charge in [0.1, 0.15) is 4.88 Å². The number of anilines is 1. The Hall–Kier alpha value is -1.11. The summed E-state index contributed by atoms with van der Waals surface area (Å²) >= 11 is 4.95. The summed E-state index contributed by atoms with van der Waals surface area (Å²) in [4.78, 5) is 15.2. The van der Waals surface area contributed by atoms with E-state index in [1.165, 1.54) is 11.3 Å². The number of halogens is 1. The van der Waals surface area contributed by atoms with Crippen LogP contribution >= 0.6 is 27.3 Å². The average Bonchev–Trinajstić information content (AvgIpc) is 2.77. The lowest BCUT2D eigenvalue weighted by Gasteiger charge is -2.33. The predicted molar refractivity (Wildman–Crippen MR) is 85.3 cm³/mol. The number of ether oxygens (including phenoxy) is 1. The van der Waals surface area contributed by atoms with Crippen molar-refractivity contribution in [1.29, 1.82) is 0 Å². The number of morpholine rings is 1. The second-order valence-electron chi connectivity index (χ2n) is 4.88. The molecule has 1 aliphatic rings. The standard InChI is InChI=1S/C14H15BrN2O2S/c1-8-7-19-6-5-17(8)14(18)13-12(16)11-9(15)3-2-4-10(11)20-13/h2-4,8H,5-7,16H2,1H3. The monoisotopic (exact) mass is 354 g/mol. The van der Waals surface area contributed by atoms with Gasteiger partial charge in [0.25, 0.3) is 5.91 Å². The van der Waals surface area contributed by atoms with Crippen LogP contribution in [-0.4, -0.2) is 36.6 Å². The number of nitrogens with two attached hydrogens (primary N) is 1. The molecule has 0 bridgehead atoms. The Morgan fingerprint density at radius 1 is 1.55 bits per heavy atom. The summed E-state index contributed by atoms with van der Waals surface area (Å²) in [5.41, 5.74) is 6.77. The number of rotatable bonds is 1. The van der Waals surface area contributed by atoms with Crippen molar-refractivity contribution >= 4 is 48.9 Å². The molecule has 3 rings (SSSR count). The first-order valence-corrected chi connectivity index (χ1v) is 8.05. The zero-order chi connectivity index (χ0) is 14.3. The molecule has 2 N–H and O–H groups in total. The number of carbonyl (C=O) groups excluding carboxylic acids is 1. The molecule has 6 heteroatoms. The Bertz CT molecular complexity index is 670. The first kappa shape index (κ1) is 13.9. The number of benzene rings is 1. The summed E-state index contributed by atoms with van der Waals surface area (Å²) in [6.45, 7) is 3.79. The third kappa shape index (κ3) is 2.21. The molecule has 1 atom stereocenters. The van der Waals surface area contributed by atoms with Crippen LogP contribution in [0.15, 0.2) is 22.7 Å². The van der Waals surface area contributed by atoms with Crippen molar-refractivity contribution in [1.82, 2.24) is 4.90 Å². The zero-order valence-corrected chi connectivity index (χ0v) is 13.5. The lowest BCUT2D eigenvalue weighted by molar-refractivity contribution is 0.00392. The van der Waals surface area contributed by atoms with Gasteiger partial charge >= 0.3 is 0 Å². The number of nitrogen functional groups attached to an aromatic ring is 1. The van der Waals surface area contributed by atoms with Gasteiger partial charge in [-0.1, -0.05) is 22.0 Å². The van der Waals surface area contributed by atoms with Gasteiger partial charge in [-0.15, -0.1) is 11.3 Å². The molecule has 1 saturated heterocycles. The van der Waals surface area contributed by atoms with Crippen molar-refractivity contribution in [3.05, 3.63) is 27.5 Å². The minimum atomic E-state index is 0.00593. The van der Waals surface area contributed by atoms with E-state index in [1.807, 2.05) is 30.0 Å². The number of nitrogens with zero attached hydrogens (tertiary/aromatic N) is 1. The van der Waals surface area contributed by atoms with Crippen LogP contribution in [0.4, 0.5) is 5.69 Å². The molecule has 1 aliphatic heterocycles. The topological polar surface area (TPSA) is 55.6 Å². The fraction of sp³-hybridized carbons (Fsp3) is 0.357. The van der Waals surface area contributed by atoms with Gasteiger partial charge in [0.2, 0.25) is 0 Å². The van der Waals surface area contributed by atoms with Crippen LogP contribution in [0.25, 0.3) is 10.1 Å². The summed E-state index contributed by atoms with van der Waals surface area (Å²) < 4.78 is 7.33. The van der Waals surface area contributed by atoms with E-state index in [4.69, 9.17) is 10.5 Å². The number of hydrogen-bond donors (Lipinski definition) is 1. The van der Waals surface area contributed by atoms with Gasteiger partial charge in [-0.25, -0.2) is 0 Å². The quantitative estimate of drug-likeness (QED) is 0.855. The lowest BCUT2D eigenvalue weighted by atomic mass is 10.2. The third-order valence-corrected chi connectivity index (χ3v) is 5.34. The average molecular weight is 355 g/mol. The maximum atomic E-state index is 12.7. The van der Waals surface area contributed by atoms with Crippen LogP contribution in [-0.2, 0) is 4.74 Å². The van der Waals surface area contributed by atoms with Crippen molar-refractivity contribution in [2.45, 2.75) is 13.0 Å². The molecule has 106 valence electrons. The molecule has 4 nitrogen and oxygen atoms in total. The molecule has 1 aromatic heterocycles. The van der Waals surface area contributed by atoms with E-state index in [2.05, 4.69) is 15.9 Å². The highest BCUT2D eigenvalue weighted by atomic mass is 79.9. The maximum Gasteiger partial charge on any atom is 0.266 e.